The number of nitrogens with one attached hydrogen (secondary N) is 1. The van der Waals surface area contributed by atoms with Gasteiger partial charge in [0.15, 0.2) is 0 Å². The summed E-state index contributed by atoms with van der Waals surface area (Å²) in [5.41, 5.74) is -0.149. The van der Waals surface area contributed by atoms with E-state index in [1.807, 2.05) is 4.72 Å². The van der Waals surface area contributed by atoms with E-state index < -0.39 is 19.3 Å². The number of anilines is 1. The van der Waals surface area contributed by atoms with Crippen molar-refractivity contribution in [1.82, 2.24) is 0 Å². The number of rotatable bonds is 3. The zero-order chi connectivity index (χ0) is 14.3. The van der Waals surface area contributed by atoms with Crippen LogP contribution in [0.5, 0.6) is 0 Å². The van der Waals surface area contributed by atoms with E-state index in [1.54, 1.807) is 0 Å². The molecule has 6 nitrogen and oxygen atoms in total. The van der Waals surface area contributed by atoms with E-state index in [0.29, 0.717) is 0 Å². The van der Waals surface area contributed by atoms with Gasteiger partial charge in [0.25, 0.3) is 19.3 Å². The molecular weight excluding hydrogens is 347 g/mol. The molecule has 0 aliphatic rings. The molecule has 0 aliphatic heterocycles. The van der Waals surface area contributed by atoms with Crippen molar-refractivity contribution in [2.45, 2.75) is 11.8 Å². The lowest BCUT2D eigenvalue weighted by atomic mass is 10.2. The van der Waals surface area contributed by atoms with Gasteiger partial charge in [0.1, 0.15) is 0 Å². The summed E-state index contributed by atoms with van der Waals surface area (Å²) in [6.45, 7) is 1.35. The van der Waals surface area contributed by atoms with Crippen LogP contribution in [0.15, 0.2) is 11.0 Å². The molecule has 0 amide bonds. The molecule has 0 saturated heterocycles. The van der Waals surface area contributed by atoms with Crippen molar-refractivity contribution >= 4 is 58.8 Å². The molecule has 1 rings (SSSR count). The summed E-state index contributed by atoms with van der Waals surface area (Å²) in [4.78, 5) is -0.306. The number of hydrogen-bond donors (Lipinski definition) is 2. The highest BCUT2D eigenvalue weighted by Crippen LogP contribution is 2.38. The Morgan fingerprint density at radius 3 is 2.11 bits per heavy atom. The van der Waals surface area contributed by atoms with Crippen molar-refractivity contribution in [2.24, 2.45) is 5.14 Å². The van der Waals surface area contributed by atoms with E-state index in [9.17, 15) is 16.8 Å². The molecule has 1 aromatic carbocycles. The number of nitrogens with two attached hydrogens (primary N) is 1. The Balaban J connectivity index is 3.58. The minimum atomic E-state index is -4.09. The van der Waals surface area contributed by atoms with Crippen molar-refractivity contribution in [1.29, 1.82) is 0 Å². The SMILES string of the molecule is Cc1c(S(=O)(=O)Cl)cc(Cl)c(NS(N)(=O)=O)c1Cl. The lowest BCUT2D eigenvalue weighted by molar-refractivity contribution is 0.602. The Morgan fingerprint density at radius 1 is 1.22 bits per heavy atom. The Labute approximate surface area is 119 Å². The predicted octanol–water partition coefficient (Wildman–Crippen LogP) is 1.84. The van der Waals surface area contributed by atoms with Crippen LogP contribution in [0.2, 0.25) is 10.0 Å². The zero-order valence-electron chi connectivity index (χ0n) is 8.74. The summed E-state index contributed by atoms with van der Waals surface area (Å²) < 4.78 is 46.2. The van der Waals surface area contributed by atoms with E-state index in [2.05, 4.69) is 0 Å². The molecule has 0 saturated carbocycles. The molecule has 0 bridgehead atoms. The lowest BCUT2D eigenvalue weighted by Gasteiger charge is -2.12. The molecule has 102 valence electrons. The van der Waals surface area contributed by atoms with E-state index in [4.69, 9.17) is 39.0 Å². The second-order valence-corrected chi connectivity index (χ2v) is 7.87. The first-order valence-electron chi connectivity index (χ1n) is 4.17. The molecule has 0 heterocycles. The maximum atomic E-state index is 11.2. The smallest absolute Gasteiger partial charge is 0.268 e. The van der Waals surface area contributed by atoms with Gasteiger partial charge in [-0.05, 0) is 18.6 Å². The van der Waals surface area contributed by atoms with Crippen LogP contribution in [0.4, 0.5) is 5.69 Å². The molecule has 0 radical (unpaired) electrons. The van der Waals surface area contributed by atoms with Gasteiger partial charge >= 0.3 is 0 Å². The first-order valence-corrected chi connectivity index (χ1v) is 8.78. The van der Waals surface area contributed by atoms with Crippen LogP contribution in [0.1, 0.15) is 5.56 Å². The van der Waals surface area contributed by atoms with Crippen molar-refractivity contribution in [3.05, 3.63) is 21.7 Å². The van der Waals surface area contributed by atoms with Crippen molar-refractivity contribution in [3.63, 3.8) is 0 Å². The van der Waals surface area contributed by atoms with Gasteiger partial charge < -0.3 is 0 Å². The fourth-order valence-corrected chi connectivity index (χ4v) is 3.67. The third-order valence-corrected chi connectivity index (χ3v) is 4.63. The second-order valence-electron chi connectivity index (χ2n) is 3.26. The monoisotopic (exact) mass is 352 g/mol. The van der Waals surface area contributed by atoms with E-state index in [0.717, 1.165) is 6.07 Å². The quantitative estimate of drug-likeness (QED) is 0.809. The van der Waals surface area contributed by atoms with Crippen molar-refractivity contribution < 1.29 is 16.8 Å². The van der Waals surface area contributed by atoms with Crippen LogP contribution >= 0.6 is 33.9 Å². The minimum Gasteiger partial charge on any atom is -0.268 e. The Morgan fingerprint density at radius 2 is 1.72 bits per heavy atom. The molecule has 0 atom stereocenters. The molecule has 18 heavy (non-hydrogen) atoms. The molecule has 0 unspecified atom stereocenters. The summed E-state index contributed by atoms with van der Waals surface area (Å²) >= 11 is 11.6. The topological polar surface area (TPSA) is 106 Å². The first-order chi connectivity index (χ1) is 7.93. The van der Waals surface area contributed by atoms with Gasteiger partial charge in [-0.3, -0.25) is 4.72 Å². The fourth-order valence-electron chi connectivity index (χ4n) is 1.19. The average molecular weight is 354 g/mol. The van der Waals surface area contributed by atoms with Crippen LogP contribution in [0.25, 0.3) is 0 Å². The highest BCUT2D eigenvalue weighted by molar-refractivity contribution is 8.13. The number of halogens is 3. The lowest BCUT2D eigenvalue weighted by Crippen LogP contribution is -2.22. The average Bonchev–Trinajstić information content (AvgIpc) is 2.15. The molecule has 3 N–H and O–H groups in total. The minimum absolute atomic E-state index is 0.0576. The summed E-state index contributed by atoms with van der Waals surface area (Å²) in [6, 6.07) is 0.985. The summed E-state index contributed by atoms with van der Waals surface area (Å²) in [5.74, 6) is 0. The summed E-state index contributed by atoms with van der Waals surface area (Å²) in [5, 5.41) is 4.34. The van der Waals surface area contributed by atoms with Gasteiger partial charge in [0.05, 0.1) is 20.6 Å². The van der Waals surface area contributed by atoms with E-state index in [-0.39, 0.29) is 26.2 Å². The molecule has 1 aromatic rings. The Bertz CT molecular complexity index is 700. The zero-order valence-corrected chi connectivity index (χ0v) is 12.6. The van der Waals surface area contributed by atoms with Crippen LogP contribution < -0.4 is 9.86 Å². The van der Waals surface area contributed by atoms with Gasteiger partial charge in [0, 0.05) is 10.7 Å². The third kappa shape index (κ3) is 3.62. The predicted molar refractivity (Wildman–Crippen MR) is 71.0 cm³/mol. The molecule has 0 aliphatic carbocycles. The normalized spacial score (nSPS) is 12.5. The van der Waals surface area contributed by atoms with Crippen LogP contribution in [0.3, 0.4) is 0 Å². The van der Waals surface area contributed by atoms with Crippen molar-refractivity contribution in [3.8, 4) is 0 Å². The van der Waals surface area contributed by atoms with Gasteiger partial charge in [-0.1, -0.05) is 23.2 Å². The Kier molecular flexibility index (Phi) is 4.41. The van der Waals surface area contributed by atoms with Crippen LogP contribution in [-0.2, 0) is 19.3 Å². The molecule has 11 heteroatoms. The van der Waals surface area contributed by atoms with Gasteiger partial charge in [-0.25, -0.2) is 13.6 Å². The molecule has 0 spiro atoms. The largest absolute Gasteiger partial charge is 0.296 e. The third-order valence-electron chi connectivity index (χ3n) is 1.92. The van der Waals surface area contributed by atoms with Gasteiger partial charge in [-0.15, -0.1) is 0 Å². The summed E-state index contributed by atoms with van der Waals surface area (Å²) in [7, 11) is -2.95. The molecule has 0 fully saturated rings. The highest BCUT2D eigenvalue weighted by Gasteiger charge is 2.22. The second kappa shape index (κ2) is 5.03. The Hall–Kier alpha value is -0.250. The number of hydrogen-bond acceptors (Lipinski definition) is 4. The maximum absolute atomic E-state index is 11.2. The van der Waals surface area contributed by atoms with E-state index in [1.165, 1.54) is 6.92 Å². The van der Waals surface area contributed by atoms with Crippen LogP contribution in [-0.4, -0.2) is 16.8 Å². The standard InChI is InChI=1S/C7H7Cl3N2O4S2/c1-3-5(17(10,13)14)2-4(8)7(6(3)9)12-18(11,15)16/h2,12H,1H3,(H2,11,15,16). The van der Waals surface area contributed by atoms with Gasteiger partial charge in [-0.2, -0.15) is 8.42 Å². The summed E-state index contributed by atoms with van der Waals surface area (Å²) in [6.07, 6.45) is 0. The van der Waals surface area contributed by atoms with Crippen LogP contribution in [0, 0.1) is 6.92 Å². The molecular formula is C7H7Cl3N2O4S2. The fraction of sp³-hybridized carbons (Fsp3) is 0.143. The highest BCUT2D eigenvalue weighted by atomic mass is 35.7. The number of benzene rings is 1. The van der Waals surface area contributed by atoms with Gasteiger partial charge in [0.2, 0.25) is 0 Å². The van der Waals surface area contributed by atoms with Crippen molar-refractivity contribution in [2.75, 3.05) is 4.72 Å². The van der Waals surface area contributed by atoms with E-state index >= 15 is 0 Å². The maximum Gasteiger partial charge on any atom is 0.296 e. The first kappa shape index (κ1) is 15.8. The molecule has 0 aromatic heterocycles.